The van der Waals surface area contributed by atoms with E-state index in [9.17, 15) is 9.59 Å². The number of nitrogens with zero attached hydrogens (tertiary/aromatic N) is 8. The van der Waals surface area contributed by atoms with Gasteiger partial charge in [0.2, 0.25) is 11.9 Å². The van der Waals surface area contributed by atoms with Crippen LogP contribution in [0, 0.1) is 0 Å². The number of amides is 2. The predicted molar refractivity (Wildman–Crippen MR) is 209 cm³/mol. The molecule has 2 amide bonds. The minimum Gasteiger partial charge on any atom is -0.493 e. The minimum absolute atomic E-state index is 0.0907. The third-order valence-electron chi connectivity index (χ3n) is 10.1. The first-order valence-electron chi connectivity index (χ1n) is 18.3. The topological polar surface area (TPSA) is 210 Å². The van der Waals surface area contributed by atoms with Gasteiger partial charge in [-0.2, -0.15) is 9.97 Å². The molecular weight excluding hydrogens is 724 g/mol. The van der Waals surface area contributed by atoms with Crippen molar-refractivity contribution < 1.29 is 37.7 Å². The quantitative estimate of drug-likeness (QED) is 0.232. The van der Waals surface area contributed by atoms with Gasteiger partial charge in [-0.15, -0.1) is 0 Å². The van der Waals surface area contributed by atoms with Crippen molar-refractivity contribution in [3.05, 3.63) is 48.4 Å². The molecule has 296 valence electrons. The van der Waals surface area contributed by atoms with Crippen molar-refractivity contribution in [2.24, 2.45) is 0 Å². The smallest absolute Gasteiger partial charge is 0.289 e. The van der Waals surface area contributed by atoms with Crippen LogP contribution in [0.2, 0.25) is 0 Å². The Morgan fingerprint density at radius 2 is 1.16 bits per heavy atom. The summed E-state index contributed by atoms with van der Waals surface area (Å²) in [5, 5.41) is 1.42. The summed E-state index contributed by atoms with van der Waals surface area (Å²) < 4.78 is 32.1. The van der Waals surface area contributed by atoms with Crippen molar-refractivity contribution >= 4 is 57.2 Å². The molecule has 6 heterocycles. The summed E-state index contributed by atoms with van der Waals surface area (Å²) in [7, 11) is 6.30. The highest BCUT2D eigenvalue weighted by Crippen LogP contribution is 2.35. The molecule has 3 aromatic heterocycles. The van der Waals surface area contributed by atoms with Crippen molar-refractivity contribution in [3.63, 3.8) is 0 Å². The van der Waals surface area contributed by atoms with Crippen molar-refractivity contribution in [3.8, 4) is 23.0 Å². The van der Waals surface area contributed by atoms with Crippen LogP contribution in [0.1, 0.15) is 23.4 Å². The Balaban J connectivity index is 0.000000172. The number of rotatable bonds is 8. The van der Waals surface area contributed by atoms with Crippen LogP contribution in [0.25, 0.3) is 21.8 Å². The third-order valence-corrected chi connectivity index (χ3v) is 10.1. The van der Waals surface area contributed by atoms with Gasteiger partial charge in [0.05, 0.1) is 45.7 Å². The summed E-state index contributed by atoms with van der Waals surface area (Å²) >= 11 is 0. The van der Waals surface area contributed by atoms with E-state index in [2.05, 4.69) is 19.9 Å². The highest BCUT2D eigenvalue weighted by molar-refractivity contribution is 5.93. The summed E-state index contributed by atoms with van der Waals surface area (Å²) in [5.41, 5.74) is 13.7. The van der Waals surface area contributed by atoms with Gasteiger partial charge in [-0.1, -0.05) is 0 Å². The zero-order valence-corrected chi connectivity index (χ0v) is 31.9. The maximum Gasteiger partial charge on any atom is 0.289 e. The molecule has 3 saturated heterocycles. The number of methoxy groups -OCH3 is 4. The monoisotopic (exact) mass is 770 g/mol. The molecule has 0 saturated carbocycles. The number of furan rings is 1. The molecule has 2 aromatic carbocycles. The van der Waals surface area contributed by atoms with E-state index >= 15 is 0 Å². The summed E-state index contributed by atoms with van der Waals surface area (Å²) in [6.07, 6.45) is 2.99. The Labute approximate surface area is 323 Å². The van der Waals surface area contributed by atoms with Crippen LogP contribution in [-0.4, -0.2) is 135 Å². The first kappa shape index (κ1) is 38.0. The fraction of sp³-hybridized carbons (Fsp3) is 0.421. The maximum absolute atomic E-state index is 12.5. The lowest BCUT2D eigenvalue weighted by molar-refractivity contribution is -0.141. The van der Waals surface area contributed by atoms with Crippen molar-refractivity contribution in [1.82, 2.24) is 29.7 Å². The first-order chi connectivity index (χ1) is 27.2. The Morgan fingerprint density at radius 1 is 0.679 bits per heavy atom. The average molecular weight is 771 g/mol. The van der Waals surface area contributed by atoms with Crippen LogP contribution in [0.4, 0.5) is 23.5 Å². The van der Waals surface area contributed by atoms with Crippen LogP contribution < -0.4 is 40.2 Å². The molecule has 3 aliphatic heterocycles. The SMILES string of the molecule is COc1cc2nc(N3CCN(C(=O)C4CCCO4)CC3)nc(N)c2cc1OC.COc1cc2nc(N3CCN(C(=O)c4ccco4)CC3)nc(N)c2cc1OC. The zero-order chi connectivity index (χ0) is 39.3. The number of carbonyl (C=O) groups excluding carboxylic acids is 2. The number of hydrogen-bond donors (Lipinski definition) is 2. The van der Waals surface area contributed by atoms with Gasteiger partial charge >= 0.3 is 0 Å². The maximum atomic E-state index is 12.5. The molecule has 0 radical (unpaired) electrons. The van der Waals surface area contributed by atoms with Gasteiger partial charge in [0.15, 0.2) is 28.8 Å². The van der Waals surface area contributed by atoms with E-state index in [1.54, 1.807) is 69.7 Å². The number of nitrogens with two attached hydrogens (primary N) is 2. The largest absolute Gasteiger partial charge is 0.493 e. The molecular formula is C38H46N10O8. The summed E-state index contributed by atoms with van der Waals surface area (Å²) in [6.45, 7) is 5.51. The van der Waals surface area contributed by atoms with E-state index in [1.165, 1.54) is 6.26 Å². The van der Waals surface area contributed by atoms with Gasteiger partial charge in [0.25, 0.3) is 11.8 Å². The fourth-order valence-electron chi connectivity index (χ4n) is 6.98. The van der Waals surface area contributed by atoms with Gasteiger partial charge in [0.1, 0.15) is 17.7 Å². The van der Waals surface area contributed by atoms with Crippen LogP contribution >= 0.6 is 0 Å². The minimum atomic E-state index is -0.276. The number of benzene rings is 2. The average Bonchev–Trinajstić information content (AvgIpc) is 3.99. The van der Waals surface area contributed by atoms with Gasteiger partial charge in [0, 0.05) is 81.9 Å². The molecule has 18 nitrogen and oxygen atoms in total. The Kier molecular flexibility index (Phi) is 11.3. The number of anilines is 4. The van der Waals surface area contributed by atoms with Crippen molar-refractivity contribution in [2.45, 2.75) is 18.9 Å². The normalized spacial score (nSPS) is 17.1. The molecule has 4 N–H and O–H groups in total. The van der Waals surface area contributed by atoms with Crippen LogP contribution in [-0.2, 0) is 9.53 Å². The second-order valence-corrected chi connectivity index (χ2v) is 13.3. The van der Waals surface area contributed by atoms with Crippen LogP contribution in [0.15, 0.2) is 47.1 Å². The molecule has 56 heavy (non-hydrogen) atoms. The Hall–Kier alpha value is -6.30. The Morgan fingerprint density at radius 3 is 1.59 bits per heavy atom. The second-order valence-electron chi connectivity index (χ2n) is 13.3. The van der Waals surface area contributed by atoms with E-state index in [-0.39, 0.29) is 17.9 Å². The molecule has 8 rings (SSSR count). The van der Waals surface area contributed by atoms with Crippen molar-refractivity contribution in [1.29, 1.82) is 0 Å². The summed E-state index contributed by atoms with van der Waals surface area (Å²) in [4.78, 5) is 50.8. The highest BCUT2D eigenvalue weighted by atomic mass is 16.5. The van der Waals surface area contributed by atoms with Crippen LogP contribution in [0.5, 0.6) is 23.0 Å². The van der Waals surface area contributed by atoms with Crippen LogP contribution in [0.3, 0.4) is 0 Å². The number of fused-ring (bicyclic) bond motifs is 2. The molecule has 3 aliphatic rings. The zero-order valence-electron chi connectivity index (χ0n) is 31.9. The van der Waals surface area contributed by atoms with E-state index in [1.807, 2.05) is 14.7 Å². The number of hydrogen-bond acceptors (Lipinski definition) is 16. The molecule has 3 fully saturated rings. The van der Waals surface area contributed by atoms with Gasteiger partial charge < -0.3 is 59.2 Å². The third kappa shape index (κ3) is 7.77. The van der Waals surface area contributed by atoms with Gasteiger partial charge in [-0.3, -0.25) is 9.59 Å². The van der Waals surface area contributed by atoms with E-state index in [0.29, 0.717) is 133 Å². The number of nitrogen functional groups attached to an aromatic ring is 2. The van der Waals surface area contributed by atoms with E-state index in [0.717, 1.165) is 12.8 Å². The molecule has 5 aromatic rings. The van der Waals surface area contributed by atoms with Gasteiger partial charge in [-0.05, 0) is 37.1 Å². The lowest BCUT2D eigenvalue weighted by Crippen LogP contribution is -2.51. The first-order valence-corrected chi connectivity index (χ1v) is 18.3. The molecule has 1 atom stereocenters. The molecule has 1 unspecified atom stereocenters. The van der Waals surface area contributed by atoms with E-state index < -0.39 is 0 Å². The number of ether oxygens (including phenoxy) is 5. The Bertz CT molecular complexity index is 2180. The summed E-state index contributed by atoms with van der Waals surface area (Å²) in [5.74, 6) is 4.49. The molecule has 0 aliphatic carbocycles. The predicted octanol–water partition coefficient (Wildman–Crippen LogP) is 2.84. The number of aromatic nitrogens is 4. The molecule has 18 heteroatoms. The second kappa shape index (κ2) is 16.6. The highest BCUT2D eigenvalue weighted by Gasteiger charge is 2.31. The standard InChI is InChI=1S/C19H25N5O4.C19H21N5O4/c2*1-26-15-10-12-13(11-16(15)27-2)21-19(22-17(12)20)24-7-5-23(6-8-24)18(25)14-4-3-9-28-14/h10-11,14H,3-9H2,1-2H3,(H2,20,21,22);3-4,9-11H,5-8H2,1-2H3,(H2,20,21,22). The summed E-state index contributed by atoms with van der Waals surface area (Å²) in [6, 6.07) is 10.5. The lowest BCUT2D eigenvalue weighted by atomic mass is 10.2. The number of piperazine rings is 2. The van der Waals surface area contributed by atoms with E-state index in [4.69, 9.17) is 39.6 Å². The van der Waals surface area contributed by atoms with Gasteiger partial charge in [-0.25, -0.2) is 9.97 Å². The molecule has 0 bridgehead atoms. The fourth-order valence-corrected chi connectivity index (χ4v) is 6.98. The lowest BCUT2D eigenvalue weighted by Gasteiger charge is -2.35. The molecule has 0 spiro atoms. The van der Waals surface area contributed by atoms with Crippen molar-refractivity contribution in [2.75, 3.05) is 109 Å². The number of carbonyl (C=O) groups is 2.